The largest absolute Gasteiger partial charge is 0.330 e. The summed E-state index contributed by atoms with van der Waals surface area (Å²) in [5, 5.41) is 0.749. The average Bonchev–Trinajstić information content (AvgIpc) is 2.76. The summed E-state index contributed by atoms with van der Waals surface area (Å²) >= 11 is 6.06. The number of rotatable bonds is 4. The zero-order chi connectivity index (χ0) is 15.7. The molecule has 120 valence electrons. The van der Waals surface area contributed by atoms with E-state index in [1.54, 1.807) is 0 Å². The summed E-state index contributed by atoms with van der Waals surface area (Å²) in [7, 11) is 2.09. The van der Waals surface area contributed by atoms with Crippen molar-refractivity contribution in [3.05, 3.63) is 29.0 Å². The van der Waals surface area contributed by atoms with Crippen LogP contribution in [0.15, 0.2) is 18.2 Å². The molecule has 0 atom stereocenters. The molecule has 1 fully saturated rings. The van der Waals surface area contributed by atoms with Gasteiger partial charge in [0.2, 0.25) is 0 Å². The van der Waals surface area contributed by atoms with Gasteiger partial charge in [0, 0.05) is 44.8 Å². The third-order valence-corrected chi connectivity index (χ3v) is 4.62. The number of halogens is 1. The predicted octanol–water partition coefficient (Wildman–Crippen LogP) is 3.00. The van der Waals surface area contributed by atoms with E-state index in [2.05, 4.69) is 41.3 Å². The van der Waals surface area contributed by atoms with Gasteiger partial charge < -0.3 is 9.47 Å². The first kappa shape index (κ1) is 15.8. The van der Waals surface area contributed by atoms with Crippen molar-refractivity contribution in [3.63, 3.8) is 0 Å². The number of hydrogen-bond donors (Lipinski definition) is 0. The summed E-state index contributed by atoms with van der Waals surface area (Å²) in [4.78, 5) is 9.82. The molecule has 3 rings (SSSR count). The lowest BCUT2D eigenvalue weighted by molar-refractivity contribution is 0.115. The highest BCUT2D eigenvalue weighted by atomic mass is 35.5. The van der Waals surface area contributed by atoms with Crippen LogP contribution in [-0.2, 0) is 13.6 Å². The number of fused-ring (bicyclic) bond motifs is 1. The van der Waals surface area contributed by atoms with Crippen molar-refractivity contribution in [3.8, 4) is 0 Å². The second kappa shape index (κ2) is 6.57. The van der Waals surface area contributed by atoms with Gasteiger partial charge in [-0.15, -0.1) is 0 Å². The van der Waals surface area contributed by atoms with Crippen molar-refractivity contribution in [1.29, 1.82) is 0 Å². The van der Waals surface area contributed by atoms with Crippen LogP contribution in [0.4, 0.5) is 0 Å². The number of piperazine rings is 1. The number of benzene rings is 1. The summed E-state index contributed by atoms with van der Waals surface area (Å²) in [5.41, 5.74) is 2.14. The molecule has 2 heterocycles. The standard InChI is InChI=1S/C17H25ClN4/c1-13(2)11-21-6-8-22(9-7-21)12-17-19-15-10-14(18)4-5-16(15)20(17)3/h4-5,10,13H,6-9,11-12H2,1-3H3. The van der Waals surface area contributed by atoms with Crippen LogP contribution in [-0.4, -0.2) is 52.1 Å². The predicted molar refractivity (Wildman–Crippen MR) is 92.3 cm³/mol. The lowest BCUT2D eigenvalue weighted by atomic mass is 10.2. The Labute approximate surface area is 137 Å². The summed E-state index contributed by atoms with van der Waals surface area (Å²) < 4.78 is 2.19. The van der Waals surface area contributed by atoms with E-state index in [0.29, 0.717) is 0 Å². The van der Waals surface area contributed by atoms with Crippen molar-refractivity contribution in [2.24, 2.45) is 13.0 Å². The Kier molecular flexibility index (Phi) is 4.71. The van der Waals surface area contributed by atoms with Gasteiger partial charge in [0.1, 0.15) is 5.82 Å². The molecule has 0 bridgehead atoms. The van der Waals surface area contributed by atoms with E-state index in [1.165, 1.54) is 6.54 Å². The van der Waals surface area contributed by atoms with Gasteiger partial charge >= 0.3 is 0 Å². The third-order valence-electron chi connectivity index (χ3n) is 4.39. The lowest BCUT2D eigenvalue weighted by Crippen LogP contribution is -2.47. The molecule has 1 saturated heterocycles. The monoisotopic (exact) mass is 320 g/mol. The maximum absolute atomic E-state index is 6.06. The molecule has 0 radical (unpaired) electrons. The Balaban J connectivity index is 1.66. The number of hydrogen-bond acceptors (Lipinski definition) is 3. The van der Waals surface area contributed by atoms with Gasteiger partial charge in [-0.1, -0.05) is 25.4 Å². The topological polar surface area (TPSA) is 24.3 Å². The van der Waals surface area contributed by atoms with Gasteiger partial charge in [0.25, 0.3) is 0 Å². The molecule has 0 spiro atoms. The van der Waals surface area contributed by atoms with Crippen molar-refractivity contribution in [1.82, 2.24) is 19.4 Å². The highest BCUT2D eigenvalue weighted by molar-refractivity contribution is 6.31. The average molecular weight is 321 g/mol. The third kappa shape index (κ3) is 3.45. The van der Waals surface area contributed by atoms with Crippen LogP contribution in [0.1, 0.15) is 19.7 Å². The van der Waals surface area contributed by atoms with Crippen LogP contribution in [0.3, 0.4) is 0 Å². The minimum atomic E-state index is 0.746. The molecule has 0 unspecified atom stereocenters. The highest BCUT2D eigenvalue weighted by Crippen LogP contribution is 2.20. The van der Waals surface area contributed by atoms with E-state index in [1.807, 2.05) is 12.1 Å². The van der Waals surface area contributed by atoms with E-state index in [-0.39, 0.29) is 0 Å². The molecule has 22 heavy (non-hydrogen) atoms. The second-order valence-corrected chi connectivity index (χ2v) is 7.13. The van der Waals surface area contributed by atoms with E-state index in [0.717, 1.165) is 60.5 Å². The Hall–Kier alpha value is -1.10. The van der Waals surface area contributed by atoms with Crippen LogP contribution in [0.5, 0.6) is 0 Å². The van der Waals surface area contributed by atoms with Crippen LogP contribution >= 0.6 is 11.6 Å². The highest BCUT2D eigenvalue weighted by Gasteiger charge is 2.19. The van der Waals surface area contributed by atoms with E-state index in [4.69, 9.17) is 16.6 Å². The normalized spacial score (nSPS) is 17.7. The minimum absolute atomic E-state index is 0.746. The fourth-order valence-electron chi connectivity index (χ4n) is 3.21. The van der Waals surface area contributed by atoms with Gasteiger partial charge in [-0.2, -0.15) is 0 Å². The minimum Gasteiger partial charge on any atom is -0.330 e. The fraction of sp³-hybridized carbons (Fsp3) is 0.588. The smallest absolute Gasteiger partial charge is 0.123 e. The number of imidazole rings is 1. The number of aromatic nitrogens is 2. The Bertz CT molecular complexity index is 641. The van der Waals surface area contributed by atoms with Crippen LogP contribution < -0.4 is 0 Å². The maximum Gasteiger partial charge on any atom is 0.123 e. The molecular weight excluding hydrogens is 296 g/mol. The summed E-state index contributed by atoms with van der Waals surface area (Å²) in [6.45, 7) is 11.3. The Morgan fingerprint density at radius 2 is 1.82 bits per heavy atom. The zero-order valence-electron chi connectivity index (χ0n) is 13.7. The molecule has 1 aliphatic rings. The van der Waals surface area contributed by atoms with Crippen LogP contribution in [0, 0.1) is 5.92 Å². The molecule has 5 heteroatoms. The van der Waals surface area contributed by atoms with E-state index in [9.17, 15) is 0 Å². The zero-order valence-corrected chi connectivity index (χ0v) is 14.5. The molecule has 2 aromatic rings. The lowest BCUT2D eigenvalue weighted by Gasteiger charge is -2.35. The second-order valence-electron chi connectivity index (χ2n) is 6.69. The molecule has 0 amide bonds. The molecule has 0 N–H and O–H groups in total. The van der Waals surface area contributed by atoms with Gasteiger partial charge in [0.15, 0.2) is 0 Å². The molecule has 1 aliphatic heterocycles. The molecule has 0 aliphatic carbocycles. The van der Waals surface area contributed by atoms with Gasteiger partial charge in [-0.25, -0.2) is 4.98 Å². The van der Waals surface area contributed by atoms with Crippen LogP contribution in [0.2, 0.25) is 5.02 Å². The first-order valence-corrected chi connectivity index (χ1v) is 8.46. The molecule has 4 nitrogen and oxygen atoms in total. The van der Waals surface area contributed by atoms with E-state index >= 15 is 0 Å². The SMILES string of the molecule is CC(C)CN1CCN(Cc2nc3cc(Cl)ccc3n2C)CC1. The van der Waals surface area contributed by atoms with Gasteiger partial charge in [-0.3, -0.25) is 4.90 Å². The number of aryl methyl sites for hydroxylation is 1. The molecular formula is C17H25ClN4. The van der Waals surface area contributed by atoms with Gasteiger partial charge in [-0.05, 0) is 24.1 Å². The quantitative estimate of drug-likeness (QED) is 0.865. The molecule has 0 saturated carbocycles. The van der Waals surface area contributed by atoms with Gasteiger partial charge in [0.05, 0.1) is 17.6 Å². The van der Waals surface area contributed by atoms with Crippen LogP contribution in [0.25, 0.3) is 11.0 Å². The van der Waals surface area contributed by atoms with Crippen molar-refractivity contribution in [2.75, 3.05) is 32.7 Å². The first-order valence-electron chi connectivity index (χ1n) is 8.08. The Morgan fingerprint density at radius 1 is 1.14 bits per heavy atom. The molecule has 1 aromatic carbocycles. The summed E-state index contributed by atoms with van der Waals surface area (Å²) in [5.74, 6) is 1.87. The molecule has 1 aromatic heterocycles. The van der Waals surface area contributed by atoms with Crippen molar-refractivity contribution >= 4 is 22.6 Å². The van der Waals surface area contributed by atoms with E-state index < -0.39 is 0 Å². The first-order chi connectivity index (χ1) is 10.5. The van der Waals surface area contributed by atoms with Crippen molar-refractivity contribution < 1.29 is 0 Å². The Morgan fingerprint density at radius 3 is 2.50 bits per heavy atom. The fourth-order valence-corrected chi connectivity index (χ4v) is 3.38. The van der Waals surface area contributed by atoms with Crippen molar-refractivity contribution in [2.45, 2.75) is 20.4 Å². The number of nitrogens with zero attached hydrogens (tertiary/aromatic N) is 4. The summed E-state index contributed by atoms with van der Waals surface area (Å²) in [6, 6.07) is 5.93. The maximum atomic E-state index is 6.06. The summed E-state index contributed by atoms with van der Waals surface area (Å²) in [6.07, 6.45) is 0.